The van der Waals surface area contributed by atoms with E-state index in [1.807, 2.05) is 5.32 Å². The summed E-state index contributed by atoms with van der Waals surface area (Å²) in [6, 6.07) is -1.78. The molecule has 160 valence electrons. The van der Waals surface area contributed by atoms with E-state index in [1.165, 1.54) is 0 Å². The number of rotatable bonds is 10. The average Bonchev–Trinajstić information content (AvgIpc) is 2.89. The summed E-state index contributed by atoms with van der Waals surface area (Å²) in [6.45, 7) is -0.497. The first-order valence-corrected chi connectivity index (χ1v) is 11.8. The van der Waals surface area contributed by atoms with Crippen molar-refractivity contribution in [3.63, 3.8) is 0 Å². The largest absolute Gasteiger partial charge is 0.742 e. The van der Waals surface area contributed by atoms with Gasteiger partial charge in [-0.05, 0) is 0 Å². The van der Waals surface area contributed by atoms with Crippen LogP contribution in [0, 0.1) is 0 Å². The molecule has 8 N–H and O–H groups in total. The second-order valence-electron chi connectivity index (χ2n) is 5.33. The van der Waals surface area contributed by atoms with E-state index in [2.05, 4.69) is 0 Å². The molecule has 0 radical (unpaired) electrons. The number of carbonyl (C=O) groups is 2. The molecule has 0 aliphatic rings. The molecular weight excluding hydrogens is 449 g/mol. The van der Waals surface area contributed by atoms with Gasteiger partial charge in [-0.25, -0.2) is 19.0 Å². The number of nitrogens with zero attached hydrogens (tertiary/aromatic N) is 2. The van der Waals surface area contributed by atoms with Gasteiger partial charge in [-0.15, -0.1) is 4.34 Å². The van der Waals surface area contributed by atoms with Crippen LogP contribution in [0.3, 0.4) is 0 Å². The van der Waals surface area contributed by atoms with Gasteiger partial charge in [0.1, 0.15) is 12.2 Å². The molecule has 0 saturated carbocycles. The normalized spacial score (nSPS) is 15.6. The van der Waals surface area contributed by atoms with E-state index in [1.54, 1.807) is 5.09 Å². The van der Waals surface area contributed by atoms with Crippen LogP contribution in [0.2, 0.25) is 0 Å². The van der Waals surface area contributed by atoms with Crippen LogP contribution in [-0.4, -0.2) is 58.4 Å². The van der Waals surface area contributed by atoms with Crippen molar-refractivity contribution in [2.45, 2.75) is 18.9 Å². The van der Waals surface area contributed by atoms with E-state index in [9.17, 15) is 28.2 Å². The zero-order chi connectivity index (χ0) is 21.9. The van der Waals surface area contributed by atoms with Gasteiger partial charge in [-0.1, -0.05) is 0 Å². The van der Waals surface area contributed by atoms with Crippen LogP contribution in [0.1, 0.15) is 12.1 Å². The quantitative estimate of drug-likeness (QED) is 0.154. The number of imidazole rings is 1. The molecule has 1 aromatic rings. The van der Waals surface area contributed by atoms with E-state index in [0.29, 0.717) is 12.5 Å². The highest BCUT2D eigenvalue weighted by Crippen LogP contribution is 2.36. The minimum Gasteiger partial charge on any atom is -0.742 e. The van der Waals surface area contributed by atoms with Crippen molar-refractivity contribution in [3.8, 4) is 0 Å². The fourth-order valence-corrected chi connectivity index (χ4v) is 3.64. The van der Waals surface area contributed by atoms with Crippen molar-refractivity contribution in [3.05, 3.63) is 18.2 Å². The zero-order valence-electron chi connectivity index (χ0n) is 13.7. The maximum Gasteiger partial charge on any atom is 0.522 e. The summed E-state index contributed by atoms with van der Waals surface area (Å²) in [5.41, 5.74) is -0.565. The fourth-order valence-electron chi connectivity index (χ4n) is 1.94. The van der Waals surface area contributed by atoms with Gasteiger partial charge in [0, 0.05) is 19.4 Å². The zero-order valence-corrected chi connectivity index (χ0v) is 16.4. The van der Waals surface area contributed by atoms with Crippen LogP contribution in [0.15, 0.2) is 12.5 Å². The molecule has 0 fully saturated rings. The first-order chi connectivity index (χ1) is 12.5. The van der Waals surface area contributed by atoms with Gasteiger partial charge in [0.05, 0.1) is 0 Å². The lowest BCUT2D eigenvalue weighted by molar-refractivity contribution is -0.538. The molecule has 19 heteroatoms. The molecule has 1 rings (SSSR count). The van der Waals surface area contributed by atoms with Crippen LogP contribution >= 0.6 is 23.2 Å². The Morgan fingerprint density at radius 3 is 2.18 bits per heavy atom. The Bertz CT molecular complexity index is 881. The molecule has 1 amide bonds. The number of hydrogen-bond donors (Lipinski definition) is 8. The number of amides is 1. The summed E-state index contributed by atoms with van der Waals surface area (Å²) in [6.07, 6.45) is -0.418. The predicted octanol–water partition coefficient (Wildman–Crippen LogP) is -3.79. The summed E-state index contributed by atoms with van der Waals surface area (Å²) in [4.78, 5) is 78.9. The van der Waals surface area contributed by atoms with Crippen LogP contribution in [0.5, 0.6) is 0 Å². The molecule has 16 nitrogen and oxygen atoms in total. The maximum absolute atomic E-state index is 11.7. The number of carboxylic acids is 1. The van der Waals surface area contributed by atoms with Crippen molar-refractivity contribution < 1.29 is 62.1 Å². The van der Waals surface area contributed by atoms with Crippen LogP contribution < -0.4 is 19.6 Å². The van der Waals surface area contributed by atoms with Crippen molar-refractivity contribution in [2.24, 2.45) is 0 Å². The van der Waals surface area contributed by atoms with E-state index in [0.717, 1.165) is 0 Å². The first kappa shape index (κ1) is 24.6. The Morgan fingerprint density at radius 2 is 1.75 bits per heavy atom. The Hall–Kier alpha value is -1.44. The van der Waals surface area contributed by atoms with Gasteiger partial charge in [-0.2, -0.15) is 4.34 Å². The Balaban J connectivity index is 3.01. The third kappa shape index (κ3) is 7.89. The molecule has 0 spiro atoms. The van der Waals surface area contributed by atoms with Crippen molar-refractivity contribution in [1.29, 1.82) is 0 Å². The molecular formula is C9H17N4O12P3. The lowest BCUT2D eigenvalue weighted by Crippen LogP contribution is -2.43. The van der Waals surface area contributed by atoms with E-state index < -0.39 is 66.2 Å². The second kappa shape index (κ2) is 8.93. The first-order valence-electron chi connectivity index (χ1n) is 7.07. The van der Waals surface area contributed by atoms with Gasteiger partial charge in [0.15, 0.2) is 5.69 Å². The molecule has 2 atom stereocenters. The third-order valence-corrected chi connectivity index (χ3v) is 5.45. The second-order valence-corrected chi connectivity index (χ2v) is 9.63. The third-order valence-electron chi connectivity index (χ3n) is 3.09. The number of nitrogens with one attached hydrogen (secondary N) is 2. The number of aliphatic carboxylic acids is 1. The molecule has 0 aliphatic heterocycles. The Morgan fingerprint density at radius 1 is 1.18 bits per heavy atom. The fraction of sp³-hybridized carbons (Fsp3) is 0.444. The molecule has 28 heavy (non-hydrogen) atoms. The number of carbonyl (C=O) groups excluding carboxylic acids is 1. The Labute approximate surface area is 156 Å². The molecule has 1 unspecified atom stereocenters. The van der Waals surface area contributed by atoms with Crippen LogP contribution in [-0.2, 0) is 29.7 Å². The summed E-state index contributed by atoms with van der Waals surface area (Å²) < 4.78 is 33.4. The SMILES string of the molecule is O=C(CCNP(=O)(O)O)N[C@@H](Cc1c[n+](P(=O)(O)O)cn1P(=O)([O-])O)C(=O)O. The topological polar surface area (TPSA) is 263 Å². The van der Waals surface area contributed by atoms with Crippen LogP contribution in [0.4, 0.5) is 0 Å². The summed E-state index contributed by atoms with van der Waals surface area (Å²) >= 11 is 0. The highest BCUT2D eigenvalue weighted by molar-refractivity contribution is 7.49. The van der Waals surface area contributed by atoms with E-state index >= 15 is 0 Å². The smallest absolute Gasteiger partial charge is 0.522 e. The number of aromatic nitrogens is 2. The molecule has 0 saturated heterocycles. The molecule has 1 aromatic heterocycles. The van der Waals surface area contributed by atoms with Crippen molar-refractivity contribution >= 4 is 35.1 Å². The minimum absolute atomic E-state index is 0.0452. The molecule has 0 aliphatic carbocycles. The van der Waals surface area contributed by atoms with Crippen LogP contribution in [0.25, 0.3) is 0 Å². The summed E-state index contributed by atoms with van der Waals surface area (Å²) in [5, 5.41) is 12.8. The summed E-state index contributed by atoms with van der Waals surface area (Å²) in [5.74, 6) is -2.62. The minimum atomic E-state index is -5.36. The lowest BCUT2D eigenvalue weighted by Gasteiger charge is -2.16. The van der Waals surface area contributed by atoms with E-state index in [-0.39, 0.29) is 8.68 Å². The number of carboxylic acid groups (broad SMARTS) is 1. The molecule has 0 bridgehead atoms. The van der Waals surface area contributed by atoms with Crippen molar-refractivity contribution in [2.75, 3.05) is 6.54 Å². The van der Waals surface area contributed by atoms with E-state index in [4.69, 9.17) is 29.6 Å². The van der Waals surface area contributed by atoms with Gasteiger partial charge < -0.3 is 30.0 Å². The van der Waals surface area contributed by atoms with Gasteiger partial charge in [-0.3, -0.25) is 19.1 Å². The predicted molar refractivity (Wildman–Crippen MR) is 85.2 cm³/mol. The highest BCUT2D eigenvalue weighted by atomic mass is 31.2. The molecule has 0 aromatic carbocycles. The maximum atomic E-state index is 11.7. The highest BCUT2D eigenvalue weighted by Gasteiger charge is 2.33. The van der Waals surface area contributed by atoms with Crippen molar-refractivity contribution in [1.82, 2.24) is 14.7 Å². The standard InChI is InChI=1S/C9H17N4O12P3/c14-8(1-2-10-26(17,18)19)11-7(9(15)16)3-6-4-12(27(20,21)22)5-13(6)28(23,24)25/h4-5,7H,1-3H2,(H8-,10,11,14,15,16,17,18,19,20,21,22,23,24,25)/t7-/m0/s1. The summed E-state index contributed by atoms with van der Waals surface area (Å²) in [7, 11) is -15.0. The lowest BCUT2D eigenvalue weighted by atomic mass is 10.1. The van der Waals surface area contributed by atoms with Gasteiger partial charge in [0.2, 0.25) is 5.91 Å². The monoisotopic (exact) mass is 466 g/mol. The van der Waals surface area contributed by atoms with Gasteiger partial charge >= 0.3 is 29.2 Å². The number of hydrogen-bond acceptors (Lipinski definition) is 6. The average molecular weight is 466 g/mol. The molecule has 1 heterocycles. The van der Waals surface area contributed by atoms with Gasteiger partial charge in [0.25, 0.3) is 6.33 Å². The Kier molecular flexibility index (Phi) is 7.84.